The SMILES string of the molecule is COc1ccc(Sc2ccc(C(=O)NC3CN4CCC3CC4)s2)o1. The van der Waals surface area contributed by atoms with E-state index in [1.165, 1.54) is 49.0 Å². The van der Waals surface area contributed by atoms with Gasteiger partial charge in [0.15, 0.2) is 5.09 Å². The van der Waals surface area contributed by atoms with Gasteiger partial charge < -0.3 is 19.4 Å². The Labute approximate surface area is 149 Å². The van der Waals surface area contributed by atoms with Crippen LogP contribution in [0.3, 0.4) is 0 Å². The van der Waals surface area contributed by atoms with Crippen molar-refractivity contribution in [2.45, 2.75) is 28.2 Å². The molecule has 3 saturated heterocycles. The molecule has 0 spiro atoms. The highest BCUT2D eigenvalue weighted by Crippen LogP contribution is 2.36. The molecule has 1 unspecified atom stereocenters. The number of methoxy groups -OCH3 is 1. The first-order valence-corrected chi connectivity index (χ1v) is 9.79. The van der Waals surface area contributed by atoms with Crippen LogP contribution < -0.4 is 10.1 Å². The maximum atomic E-state index is 12.5. The molecule has 0 radical (unpaired) electrons. The minimum absolute atomic E-state index is 0.0441. The van der Waals surface area contributed by atoms with Crippen LogP contribution in [0.4, 0.5) is 0 Å². The molecule has 24 heavy (non-hydrogen) atoms. The van der Waals surface area contributed by atoms with Crippen LogP contribution in [0.15, 0.2) is 38.0 Å². The van der Waals surface area contributed by atoms with Crippen LogP contribution in [0.2, 0.25) is 0 Å². The van der Waals surface area contributed by atoms with Crippen LogP contribution >= 0.6 is 23.1 Å². The number of fused-ring (bicyclic) bond motifs is 3. The number of nitrogens with one attached hydrogen (secondary N) is 1. The number of furan rings is 1. The zero-order valence-corrected chi connectivity index (χ0v) is 15.1. The molecule has 2 bridgehead atoms. The fourth-order valence-electron chi connectivity index (χ4n) is 3.43. The molecule has 2 aromatic rings. The Morgan fingerprint density at radius 2 is 2.17 bits per heavy atom. The number of carbonyl (C=O) groups is 1. The van der Waals surface area contributed by atoms with E-state index in [0.717, 1.165) is 20.7 Å². The number of amides is 1. The highest BCUT2D eigenvalue weighted by Gasteiger charge is 2.35. The second-order valence-corrected chi connectivity index (χ2v) is 8.60. The quantitative estimate of drug-likeness (QED) is 0.882. The van der Waals surface area contributed by atoms with E-state index in [0.29, 0.717) is 17.9 Å². The van der Waals surface area contributed by atoms with Crippen molar-refractivity contribution in [1.82, 2.24) is 10.2 Å². The number of ether oxygens (including phenoxy) is 1. The van der Waals surface area contributed by atoms with Gasteiger partial charge in [-0.25, -0.2) is 0 Å². The van der Waals surface area contributed by atoms with Crippen molar-refractivity contribution in [3.05, 3.63) is 29.1 Å². The van der Waals surface area contributed by atoms with E-state index in [1.807, 2.05) is 18.2 Å². The molecule has 3 fully saturated rings. The van der Waals surface area contributed by atoms with Crippen molar-refractivity contribution in [1.29, 1.82) is 0 Å². The third-order valence-electron chi connectivity index (χ3n) is 4.74. The molecule has 5 nitrogen and oxygen atoms in total. The summed E-state index contributed by atoms with van der Waals surface area (Å²) in [5.41, 5.74) is 0. The van der Waals surface area contributed by atoms with Gasteiger partial charge in [0.05, 0.1) is 16.2 Å². The van der Waals surface area contributed by atoms with E-state index in [9.17, 15) is 4.79 Å². The molecule has 3 aliphatic heterocycles. The third kappa shape index (κ3) is 3.34. The van der Waals surface area contributed by atoms with E-state index < -0.39 is 0 Å². The Bertz CT molecular complexity index is 719. The van der Waals surface area contributed by atoms with Gasteiger partial charge in [-0.1, -0.05) is 0 Å². The predicted molar refractivity (Wildman–Crippen MR) is 94.1 cm³/mol. The lowest BCUT2D eigenvalue weighted by Gasteiger charge is -2.44. The average Bonchev–Trinajstić information content (AvgIpc) is 3.26. The first kappa shape index (κ1) is 16.1. The fourth-order valence-corrected chi connectivity index (χ4v) is 5.35. The van der Waals surface area contributed by atoms with Crippen molar-refractivity contribution in [2.24, 2.45) is 5.92 Å². The second-order valence-electron chi connectivity index (χ2n) is 6.22. The molecule has 0 aromatic carbocycles. The van der Waals surface area contributed by atoms with Crippen LogP contribution in [0, 0.1) is 5.92 Å². The third-order valence-corrected chi connectivity index (χ3v) is 6.87. The van der Waals surface area contributed by atoms with Gasteiger partial charge in [0, 0.05) is 18.7 Å². The Balaban J connectivity index is 1.38. The Hall–Kier alpha value is -1.44. The monoisotopic (exact) mass is 364 g/mol. The molecular formula is C17H20N2O3S2. The van der Waals surface area contributed by atoms with E-state index in [4.69, 9.17) is 9.15 Å². The summed E-state index contributed by atoms with van der Waals surface area (Å²) < 4.78 is 11.6. The molecule has 5 heterocycles. The van der Waals surface area contributed by atoms with E-state index in [1.54, 1.807) is 13.2 Å². The Morgan fingerprint density at radius 1 is 1.33 bits per heavy atom. The largest absolute Gasteiger partial charge is 0.468 e. The lowest BCUT2D eigenvalue weighted by molar-refractivity contribution is 0.0622. The summed E-state index contributed by atoms with van der Waals surface area (Å²) in [6.45, 7) is 3.36. The van der Waals surface area contributed by atoms with E-state index in [-0.39, 0.29) is 5.91 Å². The highest BCUT2D eigenvalue weighted by atomic mass is 32.2. The molecule has 2 aromatic heterocycles. The van der Waals surface area contributed by atoms with Crippen molar-refractivity contribution in [3.8, 4) is 5.95 Å². The van der Waals surface area contributed by atoms with Gasteiger partial charge in [0.2, 0.25) is 0 Å². The maximum absolute atomic E-state index is 12.5. The summed E-state index contributed by atoms with van der Waals surface area (Å²) in [5.74, 6) is 1.18. The summed E-state index contributed by atoms with van der Waals surface area (Å²) in [6.07, 6.45) is 2.41. The number of piperidine rings is 3. The van der Waals surface area contributed by atoms with Gasteiger partial charge in [0.1, 0.15) is 0 Å². The van der Waals surface area contributed by atoms with Gasteiger partial charge in [0.25, 0.3) is 11.9 Å². The standard InChI is InChI=1S/C17H20N2O3S2/c1-21-14-3-4-15(22-14)24-16-5-2-13(23-16)17(20)18-12-10-19-8-6-11(12)7-9-19/h2-5,11-12H,6-10H2,1H3,(H,18,20). The van der Waals surface area contributed by atoms with Gasteiger partial charge in [-0.05, 0) is 61.8 Å². The number of rotatable bonds is 5. The lowest BCUT2D eigenvalue weighted by Crippen LogP contribution is -2.57. The zero-order valence-electron chi connectivity index (χ0n) is 13.5. The molecule has 1 atom stereocenters. The fraction of sp³-hybridized carbons (Fsp3) is 0.471. The van der Waals surface area contributed by atoms with Crippen LogP contribution in [-0.2, 0) is 0 Å². The molecular weight excluding hydrogens is 344 g/mol. The van der Waals surface area contributed by atoms with Gasteiger partial charge in [-0.2, -0.15) is 0 Å². The van der Waals surface area contributed by atoms with Crippen molar-refractivity contribution in [2.75, 3.05) is 26.7 Å². The number of thiophene rings is 1. The molecule has 128 valence electrons. The van der Waals surface area contributed by atoms with Crippen LogP contribution in [0.1, 0.15) is 22.5 Å². The number of nitrogens with zero attached hydrogens (tertiary/aromatic N) is 1. The second kappa shape index (κ2) is 6.82. The van der Waals surface area contributed by atoms with Gasteiger partial charge in [-0.15, -0.1) is 11.3 Å². The number of hydrogen-bond donors (Lipinski definition) is 1. The van der Waals surface area contributed by atoms with Crippen molar-refractivity contribution in [3.63, 3.8) is 0 Å². The highest BCUT2D eigenvalue weighted by molar-refractivity contribution is 8.01. The Morgan fingerprint density at radius 3 is 2.83 bits per heavy atom. The normalized spacial score (nSPS) is 25.6. The predicted octanol–water partition coefficient (Wildman–Crippen LogP) is 3.32. The topological polar surface area (TPSA) is 54.7 Å². The van der Waals surface area contributed by atoms with Crippen molar-refractivity contribution < 1.29 is 13.9 Å². The van der Waals surface area contributed by atoms with Crippen molar-refractivity contribution >= 4 is 29.0 Å². The lowest BCUT2D eigenvalue weighted by atomic mass is 9.84. The summed E-state index contributed by atoms with van der Waals surface area (Å²) >= 11 is 3.00. The first-order valence-electron chi connectivity index (χ1n) is 8.16. The molecule has 1 amide bonds. The van der Waals surface area contributed by atoms with E-state index >= 15 is 0 Å². The molecule has 0 aliphatic carbocycles. The van der Waals surface area contributed by atoms with Gasteiger partial charge >= 0.3 is 0 Å². The van der Waals surface area contributed by atoms with Crippen LogP contribution in [-0.4, -0.2) is 43.6 Å². The molecule has 5 rings (SSSR count). The summed E-state index contributed by atoms with van der Waals surface area (Å²) in [6, 6.07) is 7.82. The molecule has 7 heteroatoms. The average molecular weight is 364 g/mol. The minimum Gasteiger partial charge on any atom is -0.468 e. The Kier molecular flexibility index (Phi) is 4.56. The molecule has 0 saturated carbocycles. The minimum atomic E-state index is 0.0441. The smallest absolute Gasteiger partial charge is 0.285 e. The van der Waals surface area contributed by atoms with Crippen LogP contribution in [0.5, 0.6) is 5.95 Å². The van der Waals surface area contributed by atoms with E-state index in [2.05, 4.69) is 10.2 Å². The zero-order chi connectivity index (χ0) is 16.5. The molecule has 3 aliphatic rings. The van der Waals surface area contributed by atoms with Gasteiger partial charge in [-0.3, -0.25) is 4.79 Å². The number of carbonyl (C=O) groups excluding carboxylic acids is 1. The summed E-state index contributed by atoms with van der Waals surface area (Å²) in [5, 5.41) is 4.00. The number of hydrogen-bond acceptors (Lipinski definition) is 6. The van der Waals surface area contributed by atoms with Crippen LogP contribution in [0.25, 0.3) is 0 Å². The summed E-state index contributed by atoms with van der Waals surface area (Å²) in [4.78, 5) is 15.7. The molecule has 1 N–H and O–H groups in total. The maximum Gasteiger partial charge on any atom is 0.285 e. The summed E-state index contributed by atoms with van der Waals surface area (Å²) in [7, 11) is 1.58. The first-order chi connectivity index (χ1) is 11.7.